The summed E-state index contributed by atoms with van der Waals surface area (Å²) in [4.78, 5) is 50.0. The third-order valence-electron chi connectivity index (χ3n) is 4.40. The van der Waals surface area contributed by atoms with Crippen molar-refractivity contribution in [1.82, 2.24) is 9.80 Å². The highest BCUT2D eigenvalue weighted by molar-refractivity contribution is 6.07. The first-order chi connectivity index (χ1) is 13.5. The van der Waals surface area contributed by atoms with E-state index in [1.54, 1.807) is 48.6 Å². The highest BCUT2D eigenvalue weighted by Gasteiger charge is 2.19. The van der Waals surface area contributed by atoms with Gasteiger partial charge in [-0.2, -0.15) is 0 Å². The molecule has 2 heterocycles. The predicted molar refractivity (Wildman–Crippen MR) is 105 cm³/mol. The van der Waals surface area contributed by atoms with E-state index in [0.29, 0.717) is 25.9 Å². The molecule has 0 N–H and O–H groups in total. The van der Waals surface area contributed by atoms with Gasteiger partial charge in [-0.1, -0.05) is 36.4 Å². The quantitative estimate of drug-likeness (QED) is 0.756. The minimum Gasteiger partial charge on any atom is -0.275 e. The third-order valence-corrected chi connectivity index (χ3v) is 4.40. The molecule has 0 unspecified atom stereocenters. The van der Waals surface area contributed by atoms with Gasteiger partial charge in [0.05, 0.1) is 0 Å². The Morgan fingerprint density at radius 3 is 1.46 bits per heavy atom. The summed E-state index contributed by atoms with van der Waals surface area (Å²) >= 11 is 0. The van der Waals surface area contributed by atoms with Crippen molar-refractivity contribution < 1.29 is 19.2 Å². The van der Waals surface area contributed by atoms with Crippen LogP contribution in [0, 0.1) is 0 Å². The molecule has 2 aliphatic heterocycles. The van der Waals surface area contributed by atoms with E-state index in [1.807, 2.05) is 0 Å². The smallest absolute Gasteiger partial charge is 0.253 e. The van der Waals surface area contributed by atoms with E-state index in [1.165, 1.54) is 34.1 Å². The lowest BCUT2D eigenvalue weighted by atomic mass is 10.1. The molecular formula is C22H20N2O4. The highest BCUT2D eigenvalue weighted by atomic mass is 16.2. The zero-order valence-corrected chi connectivity index (χ0v) is 15.3. The second-order valence-corrected chi connectivity index (χ2v) is 6.37. The van der Waals surface area contributed by atoms with Crippen LogP contribution in [0.1, 0.15) is 24.0 Å². The first-order valence-electron chi connectivity index (χ1n) is 9.05. The molecule has 0 saturated carbocycles. The zero-order chi connectivity index (χ0) is 19.9. The fourth-order valence-corrected chi connectivity index (χ4v) is 2.85. The maximum atomic E-state index is 12.1. The van der Waals surface area contributed by atoms with Gasteiger partial charge in [0.1, 0.15) is 0 Å². The molecule has 0 bridgehead atoms. The molecule has 6 heteroatoms. The standard InChI is InChI=1S/C22H20N2O4/c25-19-5-1-3-15-23(19)21(27)13-11-17-7-9-18(10-8-17)12-14-22(28)24-16-4-2-6-20(24)26/h1-2,5-14H,3-4,15-16H2. The van der Waals surface area contributed by atoms with E-state index in [9.17, 15) is 19.2 Å². The number of amides is 4. The topological polar surface area (TPSA) is 74.8 Å². The van der Waals surface area contributed by atoms with E-state index in [2.05, 4.69) is 0 Å². The highest BCUT2D eigenvalue weighted by Crippen LogP contribution is 2.11. The van der Waals surface area contributed by atoms with Crippen LogP contribution in [-0.2, 0) is 19.2 Å². The molecule has 0 fully saturated rings. The minimum absolute atomic E-state index is 0.297. The lowest BCUT2D eigenvalue weighted by molar-refractivity contribution is -0.140. The van der Waals surface area contributed by atoms with Gasteiger partial charge in [0.25, 0.3) is 23.6 Å². The van der Waals surface area contributed by atoms with Crippen molar-refractivity contribution in [2.75, 3.05) is 13.1 Å². The number of hydrogen-bond acceptors (Lipinski definition) is 4. The van der Waals surface area contributed by atoms with Gasteiger partial charge in [-0.15, -0.1) is 0 Å². The Balaban J connectivity index is 1.58. The number of carbonyl (C=O) groups is 4. The lowest BCUT2D eigenvalue weighted by Gasteiger charge is -2.19. The number of nitrogens with zero attached hydrogens (tertiary/aromatic N) is 2. The van der Waals surface area contributed by atoms with Crippen LogP contribution < -0.4 is 0 Å². The van der Waals surface area contributed by atoms with Crippen LogP contribution in [0.3, 0.4) is 0 Å². The van der Waals surface area contributed by atoms with E-state index in [-0.39, 0.29) is 23.6 Å². The second-order valence-electron chi connectivity index (χ2n) is 6.37. The van der Waals surface area contributed by atoms with Crippen molar-refractivity contribution in [3.63, 3.8) is 0 Å². The summed E-state index contributed by atoms with van der Waals surface area (Å²) in [5, 5.41) is 0. The van der Waals surface area contributed by atoms with Crippen LogP contribution in [0.15, 0.2) is 60.7 Å². The molecule has 0 radical (unpaired) electrons. The van der Waals surface area contributed by atoms with Crippen LogP contribution >= 0.6 is 0 Å². The molecule has 2 aliphatic rings. The molecule has 1 aromatic rings. The van der Waals surface area contributed by atoms with Gasteiger partial charge < -0.3 is 0 Å². The molecule has 0 spiro atoms. The van der Waals surface area contributed by atoms with E-state index < -0.39 is 0 Å². The Labute approximate surface area is 163 Å². The van der Waals surface area contributed by atoms with Crippen molar-refractivity contribution in [2.45, 2.75) is 12.8 Å². The summed E-state index contributed by atoms with van der Waals surface area (Å²) in [6, 6.07) is 7.22. The van der Waals surface area contributed by atoms with Crippen LogP contribution in [0.4, 0.5) is 0 Å². The van der Waals surface area contributed by atoms with Crippen LogP contribution in [0.25, 0.3) is 12.2 Å². The average Bonchev–Trinajstić information content (AvgIpc) is 2.71. The van der Waals surface area contributed by atoms with Crippen LogP contribution in [0.5, 0.6) is 0 Å². The maximum Gasteiger partial charge on any atom is 0.253 e. The molecule has 3 rings (SSSR count). The molecule has 0 saturated heterocycles. The van der Waals surface area contributed by atoms with Crippen molar-refractivity contribution in [3.05, 3.63) is 71.8 Å². The monoisotopic (exact) mass is 376 g/mol. The van der Waals surface area contributed by atoms with Gasteiger partial charge in [0, 0.05) is 25.2 Å². The summed E-state index contributed by atoms with van der Waals surface area (Å²) in [7, 11) is 0. The summed E-state index contributed by atoms with van der Waals surface area (Å²) in [6.07, 6.45) is 13.7. The van der Waals surface area contributed by atoms with Gasteiger partial charge in [-0.3, -0.25) is 29.0 Å². The number of imide groups is 2. The fourth-order valence-electron chi connectivity index (χ4n) is 2.85. The lowest BCUT2D eigenvalue weighted by Crippen LogP contribution is -2.37. The predicted octanol–water partition coefficient (Wildman–Crippen LogP) is 2.34. The molecule has 6 nitrogen and oxygen atoms in total. The van der Waals surface area contributed by atoms with Gasteiger partial charge >= 0.3 is 0 Å². The summed E-state index contributed by atoms with van der Waals surface area (Å²) in [5.41, 5.74) is 1.60. The fraction of sp³-hybridized carbons (Fsp3) is 0.182. The molecule has 4 amide bonds. The van der Waals surface area contributed by atoms with Gasteiger partial charge in [-0.05, 0) is 48.3 Å². The van der Waals surface area contributed by atoms with Crippen LogP contribution in [-0.4, -0.2) is 46.5 Å². The minimum atomic E-state index is -0.343. The van der Waals surface area contributed by atoms with Crippen molar-refractivity contribution in [3.8, 4) is 0 Å². The molecule has 28 heavy (non-hydrogen) atoms. The number of benzene rings is 1. The summed E-state index contributed by atoms with van der Waals surface area (Å²) < 4.78 is 0. The van der Waals surface area contributed by atoms with Gasteiger partial charge in [0.2, 0.25) is 0 Å². The number of carbonyl (C=O) groups excluding carboxylic acids is 4. The molecule has 0 atom stereocenters. The van der Waals surface area contributed by atoms with Gasteiger partial charge in [-0.25, -0.2) is 0 Å². The third kappa shape index (κ3) is 4.79. The van der Waals surface area contributed by atoms with E-state index in [4.69, 9.17) is 0 Å². The first-order valence-corrected chi connectivity index (χ1v) is 9.05. The zero-order valence-electron chi connectivity index (χ0n) is 15.3. The average molecular weight is 376 g/mol. The second kappa shape index (κ2) is 8.90. The molecule has 142 valence electrons. The molecule has 1 aromatic carbocycles. The van der Waals surface area contributed by atoms with E-state index in [0.717, 1.165) is 11.1 Å². The molecule has 0 aromatic heterocycles. The SMILES string of the molecule is O=C1C=CCCN1C(=O)C=Cc1ccc(C=CC(=O)N2CCC=CC2=O)cc1. The van der Waals surface area contributed by atoms with Crippen molar-refractivity contribution in [2.24, 2.45) is 0 Å². The maximum absolute atomic E-state index is 12.1. The Hall–Kier alpha value is -3.54. The van der Waals surface area contributed by atoms with Crippen molar-refractivity contribution >= 4 is 35.8 Å². The summed E-state index contributed by atoms with van der Waals surface area (Å²) in [6.45, 7) is 0.789. The van der Waals surface area contributed by atoms with Gasteiger partial charge in [0.15, 0.2) is 0 Å². The Morgan fingerprint density at radius 2 is 1.11 bits per heavy atom. The Morgan fingerprint density at radius 1 is 0.714 bits per heavy atom. The normalized spacial score (nSPS) is 17.1. The van der Waals surface area contributed by atoms with Crippen LogP contribution in [0.2, 0.25) is 0 Å². The number of rotatable bonds is 4. The Kier molecular flexibility index (Phi) is 6.11. The summed E-state index contributed by atoms with van der Waals surface area (Å²) in [5.74, 6) is -1.28. The Bertz CT molecular complexity index is 832. The molecule has 0 aliphatic carbocycles. The van der Waals surface area contributed by atoms with Crippen molar-refractivity contribution in [1.29, 1.82) is 0 Å². The van der Waals surface area contributed by atoms with E-state index >= 15 is 0 Å². The molecular weight excluding hydrogens is 356 g/mol. The first kappa shape index (κ1) is 19.2. The largest absolute Gasteiger partial charge is 0.275 e. The number of hydrogen-bond donors (Lipinski definition) is 0.